The predicted octanol–water partition coefficient (Wildman–Crippen LogP) is 2.18. The van der Waals surface area contributed by atoms with Crippen molar-refractivity contribution in [3.63, 3.8) is 0 Å². The zero-order valence-electron chi connectivity index (χ0n) is 11.2. The highest BCUT2D eigenvalue weighted by molar-refractivity contribution is 6.30. The fraction of sp³-hybridized carbons (Fsp3) is 0.692. The number of halogens is 1. The number of aromatic nitrogens is 2. The first-order valence-corrected chi connectivity index (χ1v) is 6.77. The Morgan fingerprint density at radius 2 is 2.28 bits per heavy atom. The monoisotopic (exact) mass is 269 g/mol. The van der Waals surface area contributed by atoms with Crippen LogP contribution in [0, 0.1) is 12.8 Å². The van der Waals surface area contributed by atoms with Crippen LogP contribution in [0.3, 0.4) is 0 Å². The van der Waals surface area contributed by atoms with E-state index in [9.17, 15) is 4.79 Å². The summed E-state index contributed by atoms with van der Waals surface area (Å²) < 4.78 is 1.71. The van der Waals surface area contributed by atoms with E-state index >= 15 is 0 Å². The summed E-state index contributed by atoms with van der Waals surface area (Å²) in [5.41, 5.74) is 2.07. The summed E-state index contributed by atoms with van der Waals surface area (Å²) in [6, 6.07) is 0. The summed E-state index contributed by atoms with van der Waals surface area (Å²) in [4.78, 5) is 13.8. The third-order valence-electron chi connectivity index (χ3n) is 3.73. The van der Waals surface area contributed by atoms with Crippen molar-refractivity contribution < 1.29 is 4.79 Å². The van der Waals surface area contributed by atoms with Gasteiger partial charge in [-0.15, -0.1) is 0 Å². The summed E-state index contributed by atoms with van der Waals surface area (Å²) >= 11 is 6.24. The molecule has 0 bridgehead atoms. The van der Waals surface area contributed by atoms with Gasteiger partial charge in [-0.1, -0.05) is 11.6 Å². The van der Waals surface area contributed by atoms with Crippen LogP contribution in [0.25, 0.3) is 0 Å². The number of hydrogen-bond donors (Lipinski definition) is 0. The van der Waals surface area contributed by atoms with Crippen molar-refractivity contribution in [2.45, 2.75) is 33.2 Å². The number of aryl methyl sites for hydroxylation is 2. The molecule has 2 heterocycles. The molecule has 0 amide bonds. The highest BCUT2D eigenvalue weighted by Crippen LogP contribution is 2.24. The number of rotatable bonds is 3. The zero-order valence-corrected chi connectivity index (χ0v) is 12.0. The summed E-state index contributed by atoms with van der Waals surface area (Å²) in [5, 5.41) is 5.03. The Morgan fingerprint density at radius 1 is 1.56 bits per heavy atom. The van der Waals surface area contributed by atoms with Gasteiger partial charge in [-0.05, 0) is 33.2 Å². The second kappa shape index (κ2) is 5.41. The number of piperidine rings is 1. The molecule has 0 aliphatic carbocycles. The van der Waals surface area contributed by atoms with Gasteiger partial charge in [0, 0.05) is 31.6 Å². The van der Waals surface area contributed by atoms with Gasteiger partial charge in [0.1, 0.15) is 10.9 Å². The normalized spacial score (nSPS) is 21.2. The van der Waals surface area contributed by atoms with Crippen LogP contribution in [0.5, 0.6) is 0 Å². The standard InChI is InChI=1S/C13H20ClN3O/c1-9-12(13(14)16(3)15-9)8-17-6-4-5-11(7-17)10(2)18/h11H,4-8H2,1-3H3. The third-order valence-corrected chi connectivity index (χ3v) is 4.20. The topological polar surface area (TPSA) is 38.1 Å². The van der Waals surface area contributed by atoms with E-state index in [4.69, 9.17) is 11.6 Å². The predicted molar refractivity (Wildman–Crippen MR) is 71.6 cm³/mol. The third kappa shape index (κ3) is 2.75. The molecule has 5 heteroatoms. The first kappa shape index (κ1) is 13.6. The van der Waals surface area contributed by atoms with Gasteiger partial charge in [0.25, 0.3) is 0 Å². The molecular weight excluding hydrogens is 250 g/mol. The molecule has 1 aromatic rings. The molecule has 1 saturated heterocycles. The average Bonchev–Trinajstić information content (AvgIpc) is 2.56. The zero-order chi connectivity index (χ0) is 13.3. The van der Waals surface area contributed by atoms with Crippen molar-refractivity contribution >= 4 is 17.4 Å². The van der Waals surface area contributed by atoms with E-state index in [-0.39, 0.29) is 5.92 Å². The molecule has 0 N–H and O–H groups in total. The van der Waals surface area contributed by atoms with Crippen molar-refractivity contribution in [3.8, 4) is 0 Å². The van der Waals surface area contributed by atoms with E-state index in [1.54, 1.807) is 11.6 Å². The molecule has 0 radical (unpaired) electrons. The van der Waals surface area contributed by atoms with Crippen molar-refractivity contribution in [2.24, 2.45) is 13.0 Å². The van der Waals surface area contributed by atoms with Crippen LogP contribution < -0.4 is 0 Å². The molecule has 1 unspecified atom stereocenters. The van der Waals surface area contributed by atoms with E-state index in [1.807, 2.05) is 14.0 Å². The van der Waals surface area contributed by atoms with E-state index < -0.39 is 0 Å². The summed E-state index contributed by atoms with van der Waals surface area (Å²) in [6.45, 7) is 6.35. The molecule has 1 aromatic heterocycles. The molecule has 1 fully saturated rings. The molecule has 2 rings (SSSR count). The van der Waals surface area contributed by atoms with Gasteiger partial charge in [0.15, 0.2) is 0 Å². The summed E-state index contributed by atoms with van der Waals surface area (Å²) in [6.07, 6.45) is 2.10. The summed E-state index contributed by atoms with van der Waals surface area (Å²) in [7, 11) is 1.85. The van der Waals surface area contributed by atoms with Crippen LogP contribution in [0.2, 0.25) is 5.15 Å². The molecule has 0 spiro atoms. The quantitative estimate of drug-likeness (QED) is 0.844. The number of carbonyl (C=O) groups excluding carboxylic acids is 1. The van der Waals surface area contributed by atoms with Crippen molar-refractivity contribution in [1.82, 2.24) is 14.7 Å². The minimum absolute atomic E-state index is 0.189. The first-order valence-electron chi connectivity index (χ1n) is 6.39. The van der Waals surface area contributed by atoms with Crippen molar-refractivity contribution in [1.29, 1.82) is 0 Å². The molecule has 0 aromatic carbocycles. The molecule has 1 atom stereocenters. The Morgan fingerprint density at radius 3 is 2.83 bits per heavy atom. The molecule has 1 aliphatic heterocycles. The smallest absolute Gasteiger partial charge is 0.134 e. The van der Waals surface area contributed by atoms with Crippen LogP contribution in [-0.4, -0.2) is 33.6 Å². The lowest BCUT2D eigenvalue weighted by molar-refractivity contribution is -0.122. The van der Waals surface area contributed by atoms with Gasteiger partial charge >= 0.3 is 0 Å². The maximum absolute atomic E-state index is 11.5. The lowest BCUT2D eigenvalue weighted by Crippen LogP contribution is -2.37. The first-order chi connectivity index (χ1) is 8.49. The minimum Gasteiger partial charge on any atom is -0.300 e. The Labute approximate surface area is 113 Å². The van der Waals surface area contributed by atoms with Crippen molar-refractivity contribution in [3.05, 3.63) is 16.4 Å². The number of likely N-dealkylation sites (tertiary alicyclic amines) is 1. The van der Waals surface area contributed by atoms with Gasteiger partial charge in [-0.25, -0.2) is 0 Å². The number of nitrogens with zero attached hydrogens (tertiary/aromatic N) is 3. The molecule has 100 valence electrons. The average molecular weight is 270 g/mol. The van der Waals surface area contributed by atoms with Crippen LogP contribution in [0.1, 0.15) is 31.0 Å². The fourth-order valence-electron chi connectivity index (χ4n) is 2.61. The number of carbonyl (C=O) groups is 1. The van der Waals surface area contributed by atoms with E-state index in [0.29, 0.717) is 10.9 Å². The fourth-order valence-corrected chi connectivity index (χ4v) is 2.84. The molecule has 1 aliphatic rings. The van der Waals surface area contributed by atoms with Crippen LogP contribution >= 0.6 is 11.6 Å². The highest BCUT2D eigenvalue weighted by atomic mass is 35.5. The Bertz CT molecular complexity index is 455. The highest BCUT2D eigenvalue weighted by Gasteiger charge is 2.24. The Balaban J connectivity index is 2.07. The number of hydrogen-bond acceptors (Lipinski definition) is 3. The number of ketones is 1. The van der Waals surface area contributed by atoms with Crippen molar-refractivity contribution in [2.75, 3.05) is 13.1 Å². The summed E-state index contributed by atoms with van der Waals surface area (Å²) in [5.74, 6) is 0.489. The second-order valence-corrected chi connectivity index (χ2v) is 5.52. The SMILES string of the molecule is CC(=O)C1CCCN(Cc2c(C)nn(C)c2Cl)C1. The van der Waals surface area contributed by atoms with Gasteiger partial charge in [0.05, 0.1) is 5.69 Å². The Kier molecular flexibility index (Phi) is 4.07. The van der Waals surface area contributed by atoms with E-state index in [2.05, 4.69) is 10.00 Å². The van der Waals surface area contributed by atoms with Crippen LogP contribution in [0.15, 0.2) is 0 Å². The minimum atomic E-state index is 0.189. The molecular formula is C13H20ClN3O. The van der Waals surface area contributed by atoms with Gasteiger partial charge in [0.2, 0.25) is 0 Å². The van der Waals surface area contributed by atoms with Gasteiger partial charge in [-0.2, -0.15) is 5.10 Å². The second-order valence-electron chi connectivity index (χ2n) is 5.16. The van der Waals surface area contributed by atoms with E-state index in [1.165, 1.54) is 0 Å². The van der Waals surface area contributed by atoms with Crippen LogP contribution in [-0.2, 0) is 18.4 Å². The van der Waals surface area contributed by atoms with E-state index in [0.717, 1.165) is 43.7 Å². The van der Waals surface area contributed by atoms with Crippen LogP contribution in [0.4, 0.5) is 0 Å². The lowest BCUT2D eigenvalue weighted by atomic mass is 9.94. The number of Topliss-reactive ketones (excluding diaryl/α,β-unsaturated/α-hetero) is 1. The largest absolute Gasteiger partial charge is 0.300 e. The molecule has 0 saturated carbocycles. The Hall–Kier alpha value is -0.870. The lowest BCUT2D eigenvalue weighted by Gasteiger charge is -2.31. The molecule has 4 nitrogen and oxygen atoms in total. The maximum atomic E-state index is 11.5. The van der Waals surface area contributed by atoms with Gasteiger partial charge < -0.3 is 0 Å². The maximum Gasteiger partial charge on any atom is 0.134 e. The van der Waals surface area contributed by atoms with Gasteiger partial charge in [-0.3, -0.25) is 14.4 Å². The molecule has 18 heavy (non-hydrogen) atoms.